The molecule has 0 aromatic rings. The Bertz CT molecular complexity index is 275. The molecule has 0 amide bonds. The van der Waals surface area contributed by atoms with Crippen LogP contribution in [0.3, 0.4) is 0 Å². The molecule has 0 aromatic carbocycles. The zero-order chi connectivity index (χ0) is 15.6. The summed E-state index contributed by atoms with van der Waals surface area (Å²) in [6.45, 7) is 11.9. The van der Waals surface area contributed by atoms with Crippen molar-refractivity contribution in [3.05, 3.63) is 0 Å². The first-order valence-corrected chi connectivity index (χ1v) is 8.01. The first-order chi connectivity index (χ1) is 9.29. The molecule has 1 atom stereocenters. The summed E-state index contributed by atoms with van der Waals surface area (Å²) in [5.41, 5.74) is 5.47. The third kappa shape index (κ3) is 9.18. The largest absolute Gasteiger partial charge is 0.409 e. The van der Waals surface area contributed by atoms with Gasteiger partial charge in [-0.2, -0.15) is 0 Å². The number of amidine groups is 1. The molecule has 0 aliphatic rings. The highest BCUT2D eigenvalue weighted by Gasteiger charge is 2.22. The van der Waals surface area contributed by atoms with E-state index in [1.54, 1.807) is 0 Å². The van der Waals surface area contributed by atoms with E-state index in [-0.39, 0.29) is 5.41 Å². The topological polar surface area (TPSA) is 70.6 Å². The van der Waals surface area contributed by atoms with Gasteiger partial charge in [-0.1, -0.05) is 52.1 Å². The van der Waals surface area contributed by atoms with E-state index in [0.29, 0.717) is 11.9 Å². The zero-order valence-electron chi connectivity index (χ0n) is 14.1. The molecular weight excluding hydrogens is 250 g/mol. The number of rotatable bonds is 11. The molecule has 0 bridgehead atoms. The molecule has 0 aromatic heterocycles. The van der Waals surface area contributed by atoms with Crippen molar-refractivity contribution in [3.8, 4) is 0 Å². The maximum atomic E-state index is 8.72. The lowest BCUT2D eigenvalue weighted by atomic mass is 9.86. The lowest BCUT2D eigenvalue weighted by Gasteiger charge is -2.22. The quantitative estimate of drug-likeness (QED) is 0.178. The van der Waals surface area contributed by atoms with Crippen molar-refractivity contribution in [2.24, 2.45) is 22.2 Å². The van der Waals surface area contributed by atoms with Gasteiger partial charge >= 0.3 is 0 Å². The van der Waals surface area contributed by atoms with Crippen LogP contribution in [0.1, 0.15) is 73.1 Å². The normalized spacial score (nSPS) is 14.8. The van der Waals surface area contributed by atoms with Crippen molar-refractivity contribution in [2.75, 3.05) is 6.54 Å². The van der Waals surface area contributed by atoms with Crippen molar-refractivity contribution in [2.45, 2.75) is 79.2 Å². The second kappa shape index (κ2) is 10.0. The molecule has 1 unspecified atom stereocenters. The fraction of sp³-hybridized carbons (Fsp3) is 0.938. The summed E-state index contributed by atoms with van der Waals surface area (Å²) in [6.07, 6.45) is 7.06. The summed E-state index contributed by atoms with van der Waals surface area (Å²) >= 11 is 0. The van der Waals surface area contributed by atoms with Gasteiger partial charge in [-0.3, -0.25) is 0 Å². The highest BCUT2D eigenvalue weighted by molar-refractivity contribution is 5.85. The molecular formula is C16H35N3O. The Morgan fingerprint density at radius 2 is 1.80 bits per heavy atom. The third-order valence-electron chi connectivity index (χ3n) is 3.94. The Morgan fingerprint density at radius 1 is 1.15 bits per heavy atom. The number of oxime groups is 1. The van der Waals surface area contributed by atoms with Crippen LogP contribution < -0.4 is 11.1 Å². The van der Waals surface area contributed by atoms with Gasteiger partial charge in [0, 0.05) is 11.5 Å². The minimum absolute atomic E-state index is 0.211. The molecule has 0 heterocycles. The van der Waals surface area contributed by atoms with Crippen LogP contribution in [0.25, 0.3) is 0 Å². The van der Waals surface area contributed by atoms with Gasteiger partial charge in [0.25, 0.3) is 0 Å². The molecule has 0 aliphatic carbocycles. The number of hydrogen-bond acceptors (Lipinski definition) is 3. The highest BCUT2D eigenvalue weighted by atomic mass is 16.4. The monoisotopic (exact) mass is 285 g/mol. The fourth-order valence-corrected chi connectivity index (χ4v) is 2.24. The molecule has 0 saturated carbocycles. The van der Waals surface area contributed by atoms with E-state index in [1.807, 2.05) is 13.8 Å². The van der Waals surface area contributed by atoms with Gasteiger partial charge in [0.2, 0.25) is 0 Å². The van der Waals surface area contributed by atoms with E-state index in [2.05, 4.69) is 31.2 Å². The van der Waals surface area contributed by atoms with Gasteiger partial charge in [0.05, 0.1) is 0 Å². The van der Waals surface area contributed by atoms with Crippen LogP contribution in [0, 0.1) is 11.3 Å². The second-order valence-electron chi connectivity index (χ2n) is 7.01. The minimum atomic E-state index is -0.211. The third-order valence-corrected chi connectivity index (χ3v) is 3.94. The van der Waals surface area contributed by atoms with Crippen molar-refractivity contribution < 1.29 is 5.21 Å². The van der Waals surface area contributed by atoms with Gasteiger partial charge in [-0.15, -0.1) is 0 Å². The predicted octanol–water partition coefficient (Wildman–Crippen LogP) is 3.73. The smallest absolute Gasteiger partial charge is 0.144 e. The zero-order valence-corrected chi connectivity index (χ0v) is 14.1. The summed E-state index contributed by atoms with van der Waals surface area (Å²) in [5, 5.41) is 15.4. The predicted molar refractivity (Wildman–Crippen MR) is 87.2 cm³/mol. The molecule has 0 fully saturated rings. The highest BCUT2D eigenvalue weighted by Crippen LogP contribution is 2.23. The summed E-state index contributed by atoms with van der Waals surface area (Å²) in [7, 11) is 0. The molecule has 0 saturated heterocycles. The van der Waals surface area contributed by atoms with Crippen LogP contribution in [-0.2, 0) is 0 Å². The van der Waals surface area contributed by atoms with E-state index in [1.165, 1.54) is 19.3 Å². The maximum Gasteiger partial charge on any atom is 0.144 e. The fourth-order valence-electron chi connectivity index (χ4n) is 2.24. The Hall–Kier alpha value is -0.770. The SMILES string of the molecule is CC(C)CCCC(C)NCCCCC(C)(C)C(N)=NO. The summed E-state index contributed by atoms with van der Waals surface area (Å²) in [6, 6.07) is 0.603. The van der Waals surface area contributed by atoms with Crippen molar-refractivity contribution in [3.63, 3.8) is 0 Å². The Kier molecular flexibility index (Phi) is 9.64. The Morgan fingerprint density at radius 3 is 2.35 bits per heavy atom. The van der Waals surface area contributed by atoms with E-state index >= 15 is 0 Å². The number of nitrogens with two attached hydrogens (primary N) is 1. The average molecular weight is 285 g/mol. The standard InChI is InChI=1S/C16H35N3O/c1-13(2)9-8-10-14(3)18-12-7-6-11-16(4,5)15(17)19-20/h13-14,18,20H,6-12H2,1-5H3,(H2,17,19). The molecule has 4 heteroatoms. The number of nitrogens with zero attached hydrogens (tertiary/aromatic N) is 1. The van der Waals surface area contributed by atoms with Crippen LogP contribution in [0.2, 0.25) is 0 Å². The van der Waals surface area contributed by atoms with Gasteiger partial charge in [0.15, 0.2) is 0 Å². The summed E-state index contributed by atoms with van der Waals surface area (Å²) < 4.78 is 0. The molecule has 0 rings (SSSR count). The van der Waals surface area contributed by atoms with Gasteiger partial charge in [-0.25, -0.2) is 0 Å². The Balaban J connectivity index is 3.62. The van der Waals surface area contributed by atoms with Gasteiger partial charge < -0.3 is 16.3 Å². The van der Waals surface area contributed by atoms with E-state index in [9.17, 15) is 0 Å². The molecule has 0 radical (unpaired) electrons. The van der Waals surface area contributed by atoms with Crippen LogP contribution in [0.4, 0.5) is 0 Å². The molecule has 0 spiro atoms. The van der Waals surface area contributed by atoms with Crippen LogP contribution in [-0.4, -0.2) is 23.6 Å². The Labute approximate surface area is 125 Å². The number of unbranched alkanes of at least 4 members (excludes halogenated alkanes) is 1. The lowest BCUT2D eigenvalue weighted by Crippen LogP contribution is -2.32. The van der Waals surface area contributed by atoms with Crippen LogP contribution in [0.15, 0.2) is 5.16 Å². The second-order valence-corrected chi connectivity index (χ2v) is 7.01. The van der Waals surface area contributed by atoms with Crippen molar-refractivity contribution in [1.29, 1.82) is 0 Å². The molecule has 4 N–H and O–H groups in total. The lowest BCUT2D eigenvalue weighted by molar-refractivity contribution is 0.304. The number of hydrogen-bond donors (Lipinski definition) is 3. The van der Waals surface area contributed by atoms with Crippen LogP contribution in [0.5, 0.6) is 0 Å². The first-order valence-electron chi connectivity index (χ1n) is 8.01. The van der Waals surface area contributed by atoms with Gasteiger partial charge in [0.1, 0.15) is 5.84 Å². The molecule has 20 heavy (non-hydrogen) atoms. The van der Waals surface area contributed by atoms with E-state index in [0.717, 1.165) is 31.7 Å². The summed E-state index contributed by atoms with van der Waals surface area (Å²) in [5.74, 6) is 1.13. The average Bonchev–Trinajstić information content (AvgIpc) is 2.36. The van der Waals surface area contributed by atoms with Crippen molar-refractivity contribution >= 4 is 5.84 Å². The van der Waals surface area contributed by atoms with E-state index < -0.39 is 0 Å². The molecule has 0 aliphatic heterocycles. The summed E-state index contributed by atoms with van der Waals surface area (Å²) in [4.78, 5) is 0. The maximum absolute atomic E-state index is 8.72. The molecule has 120 valence electrons. The van der Waals surface area contributed by atoms with Gasteiger partial charge in [-0.05, 0) is 38.6 Å². The molecule has 4 nitrogen and oxygen atoms in total. The number of nitrogens with one attached hydrogen (secondary N) is 1. The first kappa shape index (κ1) is 19.2. The van der Waals surface area contributed by atoms with Crippen molar-refractivity contribution in [1.82, 2.24) is 5.32 Å². The minimum Gasteiger partial charge on any atom is -0.409 e. The van der Waals surface area contributed by atoms with E-state index in [4.69, 9.17) is 10.9 Å². The van der Waals surface area contributed by atoms with Crippen LogP contribution >= 0.6 is 0 Å².